The molecule has 0 N–H and O–H groups in total. The Balaban J connectivity index is 1.62. The van der Waals surface area contributed by atoms with Crippen molar-refractivity contribution in [2.45, 2.75) is 51.0 Å². The molecule has 0 radical (unpaired) electrons. The predicted molar refractivity (Wildman–Crippen MR) is 83.6 cm³/mol. The van der Waals surface area contributed by atoms with Crippen LogP contribution in [-0.2, 0) is 4.79 Å². The highest BCUT2D eigenvalue weighted by Gasteiger charge is 2.30. The van der Waals surface area contributed by atoms with E-state index < -0.39 is 0 Å². The lowest BCUT2D eigenvalue weighted by molar-refractivity contribution is -0.139. The van der Waals surface area contributed by atoms with Crippen LogP contribution in [0.1, 0.15) is 50.6 Å². The third kappa shape index (κ3) is 3.79. The Kier molecular flexibility index (Phi) is 5.06. The number of rotatable bonds is 3. The summed E-state index contributed by atoms with van der Waals surface area (Å²) in [5.41, 5.74) is 0.197. The van der Waals surface area contributed by atoms with Gasteiger partial charge in [-0.3, -0.25) is 4.79 Å². The van der Waals surface area contributed by atoms with Gasteiger partial charge in [-0.1, -0.05) is 19.3 Å². The van der Waals surface area contributed by atoms with Crippen LogP contribution in [0.15, 0.2) is 12.4 Å². The van der Waals surface area contributed by atoms with Gasteiger partial charge in [-0.25, -0.2) is 9.97 Å². The minimum Gasteiger partial charge on any atom is -0.470 e. The number of amides is 1. The van der Waals surface area contributed by atoms with Crippen molar-refractivity contribution in [3.8, 4) is 11.9 Å². The van der Waals surface area contributed by atoms with Crippen molar-refractivity contribution in [2.24, 2.45) is 5.92 Å². The van der Waals surface area contributed by atoms with E-state index in [2.05, 4.69) is 9.97 Å². The van der Waals surface area contributed by atoms with Gasteiger partial charge in [-0.05, 0) is 25.7 Å². The third-order valence-corrected chi connectivity index (χ3v) is 4.69. The van der Waals surface area contributed by atoms with E-state index in [1.165, 1.54) is 18.8 Å². The number of nitrogens with zero attached hydrogens (tertiary/aromatic N) is 4. The molecule has 0 spiro atoms. The normalized spacial score (nSPS) is 22.4. The Morgan fingerprint density at radius 3 is 2.74 bits per heavy atom. The molecule has 122 valence electrons. The van der Waals surface area contributed by atoms with Crippen LogP contribution in [0.5, 0.6) is 5.88 Å². The number of hydrogen-bond donors (Lipinski definition) is 0. The summed E-state index contributed by atoms with van der Waals surface area (Å²) in [6, 6.07) is 1.99. The van der Waals surface area contributed by atoms with Gasteiger partial charge in [0.15, 0.2) is 0 Å². The number of carbonyl (C=O) groups excluding carboxylic acids is 1. The molecule has 23 heavy (non-hydrogen) atoms. The van der Waals surface area contributed by atoms with Crippen LogP contribution in [0.25, 0.3) is 0 Å². The highest BCUT2D eigenvalue weighted by molar-refractivity contribution is 5.79. The molecule has 1 unspecified atom stereocenters. The van der Waals surface area contributed by atoms with E-state index in [4.69, 9.17) is 10.00 Å². The molecule has 0 bridgehead atoms. The maximum absolute atomic E-state index is 12.7. The topological polar surface area (TPSA) is 79.1 Å². The van der Waals surface area contributed by atoms with E-state index in [1.807, 2.05) is 11.0 Å². The van der Waals surface area contributed by atoms with Crippen LogP contribution < -0.4 is 4.74 Å². The van der Waals surface area contributed by atoms with Gasteiger partial charge in [0.05, 0.1) is 6.54 Å². The predicted octanol–water partition coefficient (Wildman–Crippen LogP) is 2.30. The lowest BCUT2D eigenvalue weighted by Gasteiger charge is -2.35. The summed E-state index contributed by atoms with van der Waals surface area (Å²) >= 11 is 0. The molecule has 2 fully saturated rings. The second kappa shape index (κ2) is 7.40. The van der Waals surface area contributed by atoms with E-state index in [1.54, 1.807) is 0 Å². The first kappa shape index (κ1) is 15.7. The zero-order valence-corrected chi connectivity index (χ0v) is 13.3. The van der Waals surface area contributed by atoms with Crippen LogP contribution >= 0.6 is 0 Å². The minimum atomic E-state index is -0.111. The van der Waals surface area contributed by atoms with Gasteiger partial charge >= 0.3 is 0 Å². The second-order valence-corrected chi connectivity index (χ2v) is 6.32. The third-order valence-electron chi connectivity index (χ3n) is 4.69. The average molecular weight is 314 g/mol. The zero-order chi connectivity index (χ0) is 16.1. The first-order valence-electron chi connectivity index (χ1n) is 8.44. The summed E-state index contributed by atoms with van der Waals surface area (Å²) in [5.74, 6) is 0.735. The fraction of sp³-hybridized carbons (Fsp3) is 0.647. The molecule has 1 aliphatic heterocycles. The summed E-state index contributed by atoms with van der Waals surface area (Å²) in [4.78, 5) is 22.7. The van der Waals surface area contributed by atoms with Gasteiger partial charge in [0.2, 0.25) is 11.6 Å². The molecule has 2 heterocycles. The molecule has 6 nitrogen and oxygen atoms in total. The molecule has 1 saturated heterocycles. The summed E-state index contributed by atoms with van der Waals surface area (Å²) in [6.07, 6.45) is 10.3. The number of aromatic nitrogens is 2. The van der Waals surface area contributed by atoms with Gasteiger partial charge in [0.1, 0.15) is 12.2 Å². The van der Waals surface area contributed by atoms with E-state index >= 15 is 0 Å². The SMILES string of the molecule is N#Cc1nccnc1OC1CCCN(C(=O)C2CCCCC2)C1. The maximum Gasteiger partial charge on any atom is 0.251 e. The van der Waals surface area contributed by atoms with Crippen molar-refractivity contribution in [2.75, 3.05) is 13.1 Å². The Morgan fingerprint density at radius 1 is 1.17 bits per heavy atom. The number of carbonyl (C=O) groups is 1. The summed E-state index contributed by atoms with van der Waals surface area (Å²) < 4.78 is 5.86. The Morgan fingerprint density at radius 2 is 1.96 bits per heavy atom. The molecule has 1 atom stereocenters. The molecule has 6 heteroatoms. The van der Waals surface area contributed by atoms with Crippen molar-refractivity contribution >= 4 is 5.91 Å². The van der Waals surface area contributed by atoms with E-state index in [0.29, 0.717) is 6.54 Å². The number of piperidine rings is 1. The number of nitriles is 1. The van der Waals surface area contributed by atoms with Crippen LogP contribution in [0.3, 0.4) is 0 Å². The largest absolute Gasteiger partial charge is 0.470 e. The molecular weight excluding hydrogens is 292 g/mol. The first-order valence-corrected chi connectivity index (χ1v) is 8.44. The molecule has 1 amide bonds. The Hall–Kier alpha value is -2.16. The smallest absolute Gasteiger partial charge is 0.251 e. The van der Waals surface area contributed by atoms with Crippen molar-refractivity contribution in [3.63, 3.8) is 0 Å². The molecule has 1 aromatic rings. The second-order valence-electron chi connectivity index (χ2n) is 6.32. The standard InChI is InChI=1S/C17H22N4O2/c18-11-15-16(20-9-8-19-15)23-14-7-4-10-21(12-14)17(22)13-5-2-1-3-6-13/h8-9,13-14H,1-7,10,12H2. The van der Waals surface area contributed by atoms with Crippen LogP contribution in [0, 0.1) is 17.2 Å². The van der Waals surface area contributed by atoms with Crippen LogP contribution in [0.2, 0.25) is 0 Å². The minimum absolute atomic E-state index is 0.111. The number of likely N-dealkylation sites (tertiary alicyclic amines) is 1. The summed E-state index contributed by atoms with van der Waals surface area (Å²) in [6.45, 7) is 1.39. The molecule has 1 aromatic heterocycles. The lowest BCUT2D eigenvalue weighted by Crippen LogP contribution is -2.47. The zero-order valence-electron chi connectivity index (χ0n) is 13.3. The highest BCUT2D eigenvalue weighted by Crippen LogP contribution is 2.27. The monoisotopic (exact) mass is 314 g/mol. The molecule has 0 aromatic carbocycles. The Bertz CT molecular complexity index is 593. The van der Waals surface area contributed by atoms with Crippen molar-refractivity contribution in [3.05, 3.63) is 18.1 Å². The van der Waals surface area contributed by atoms with Gasteiger partial charge in [0, 0.05) is 24.9 Å². The highest BCUT2D eigenvalue weighted by atomic mass is 16.5. The lowest BCUT2D eigenvalue weighted by atomic mass is 9.88. The van der Waals surface area contributed by atoms with Crippen molar-refractivity contribution in [1.82, 2.24) is 14.9 Å². The fourth-order valence-electron chi connectivity index (χ4n) is 3.49. The molecule has 1 aliphatic carbocycles. The van der Waals surface area contributed by atoms with Crippen molar-refractivity contribution in [1.29, 1.82) is 5.26 Å². The molecule has 1 saturated carbocycles. The van der Waals surface area contributed by atoms with Gasteiger partial charge < -0.3 is 9.64 Å². The molecular formula is C17H22N4O2. The fourth-order valence-corrected chi connectivity index (χ4v) is 3.49. The molecule has 3 rings (SSSR count). The summed E-state index contributed by atoms with van der Waals surface area (Å²) in [7, 11) is 0. The van der Waals surface area contributed by atoms with Crippen LogP contribution in [-0.4, -0.2) is 40.0 Å². The van der Waals surface area contributed by atoms with Crippen LogP contribution in [0.4, 0.5) is 0 Å². The van der Waals surface area contributed by atoms with Gasteiger partial charge in [-0.2, -0.15) is 5.26 Å². The Labute approximate surface area is 136 Å². The first-order chi connectivity index (χ1) is 11.3. The quantitative estimate of drug-likeness (QED) is 0.855. The number of ether oxygens (including phenoxy) is 1. The average Bonchev–Trinajstić information content (AvgIpc) is 2.62. The van der Waals surface area contributed by atoms with Gasteiger partial charge in [-0.15, -0.1) is 0 Å². The summed E-state index contributed by atoms with van der Waals surface area (Å²) in [5, 5.41) is 9.06. The maximum atomic E-state index is 12.7. The number of hydrogen-bond acceptors (Lipinski definition) is 5. The van der Waals surface area contributed by atoms with E-state index in [9.17, 15) is 4.79 Å². The molecule has 2 aliphatic rings. The van der Waals surface area contributed by atoms with E-state index in [0.717, 1.165) is 45.1 Å². The van der Waals surface area contributed by atoms with Gasteiger partial charge in [0.25, 0.3) is 5.88 Å². The van der Waals surface area contributed by atoms with E-state index in [-0.39, 0.29) is 29.5 Å². The van der Waals surface area contributed by atoms with Crippen molar-refractivity contribution < 1.29 is 9.53 Å².